The van der Waals surface area contributed by atoms with Gasteiger partial charge in [0.05, 0.1) is 11.5 Å². The van der Waals surface area contributed by atoms with Gasteiger partial charge in [-0.15, -0.1) is 11.6 Å². The van der Waals surface area contributed by atoms with Gasteiger partial charge in [0.25, 0.3) is 0 Å². The van der Waals surface area contributed by atoms with Gasteiger partial charge in [-0.3, -0.25) is 0 Å². The summed E-state index contributed by atoms with van der Waals surface area (Å²) in [7, 11) is 0. The van der Waals surface area contributed by atoms with Gasteiger partial charge in [-0.25, -0.2) is 0 Å². The van der Waals surface area contributed by atoms with Crippen molar-refractivity contribution in [3.05, 3.63) is 35.4 Å². The zero-order valence-electron chi connectivity index (χ0n) is 11.4. The van der Waals surface area contributed by atoms with E-state index in [1.807, 2.05) is 0 Å². The predicted molar refractivity (Wildman–Crippen MR) is 77.2 cm³/mol. The maximum absolute atomic E-state index is 6.46. The highest BCUT2D eigenvalue weighted by atomic mass is 35.5. The molecule has 0 spiro atoms. The van der Waals surface area contributed by atoms with Crippen molar-refractivity contribution in [2.45, 2.75) is 51.0 Å². The molecule has 1 heterocycles. The summed E-state index contributed by atoms with van der Waals surface area (Å²) >= 11 is 6.46. The molecule has 0 aromatic heterocycles. The Hall–Kier alpha value is -0.530. The molecular formula is C16H23ClO. The Labute approximate surface area is 115 Å². The molecule has 1 saturated heterocycles. The van der Waals surface area contributed by atoms with E-state index in [0.717, 1.165) is 25.9 Å². The van der Waals surface area contributed by atoms with Crippen LogP contribution in [-0.2, 0) is 11.2 Å². The second-order valence-corrected chi connectivity index (χ2v) is 6.20. The highest BCUT2D eigenvalue weighted by molar-refractivity contribution is 6.20. The number of alkyl halides is 1. The van der Waals surface area contributed by atoms with Gasteiger partial charge in [0.1, 0.15) is 0 Å². The van der Waals surface area contributed by atoms with E-state index in [-0.39, 0.29) is 5.38 Å². The minimum absolute atomic E-state index is 0.0844. The van der Waals surface area contributed by atoms with Crippen molar-refractivity contribution in [2.24, 2.45) is 5.92 Å². The molecule has 1 fully saturated rings. The number of ether oxygens (including phenoxy) is 1. The van der Waals surface area contributed by atoms with Gasteiger partial charge in [-0.2, -0.15) is 0 Å². The first-order chi connectivity index (χ1) is 8.65. The van der Waals surface area contributed by atoms with E-state index in [1.54, 1.807) is 0 Å². The van der Waals surface area contributed by atoms with Crippen LogP contribution in [0.15, 0.2) is 24.3 Å². The van der Waals surface area contributed by atoms with E-state index < -0.39 is 0 Å². The zero-order chi connectivity index (χ0) is 13.0. The van der Waals surface area contributed by atoms with Gasteiger partial charge in [0.2, 0.25) is 0 Å². The van der Waals surface area contributed by atoms with Crippen molar-refractivity contribution in [1.29, 1.82) is 0 Å². The van der Waals surface area contributed by atoms with Gasteiger partial charge < -0.3 is 4.74 Å². The maximum Gasteiger partial charge on any atom is 0.0609 e. The number of benzene rings is 1. The smallest absolute Gasteiger partial charge is 0.0609 e. The molecule has 2 atom stereocenters. The fourth-order valence-corrected chi connectivity index (χ4v) is 2.88. The van der Waals surface area contributed by atoms with Gasteiger partial charge >= 0.3 is 0 Å². The minimum Gasteiger partial charge on any atom is -0.378 e. The lowest BCUT2D eigenvalue weighted by atomic mass is 9.99. The summed E-state index contributed by atoms with van der Waals surface area (Å²) < 4.78 is 5.64. The second kappa shape index (κ2) is 6.58. The molecule has 18 heavy (non-hydrogen) atoms. The molecule has 0 aliphatic carbocycles. The Morgan fingerprint density at radius 2 is 2.00 bits per heavy atom. The third-order valence-corrected chi connectivity index (χ3v) is 3.91. The third kappa shape index (κ3) is 4.00. The van der Waals surface area contributed by atoms with Gasteiger partial charge in [-0.1, -0.05) is 38.1 Å². The molecule has 1 nitrogen and oxygen atoms in total. The molecule has 100 valence electrons. The molecular weight excluding hydrogens is 244 g/mol. The highest BCUT2D eigenvalue weighted by Crippen LogP contribution is 2.30. The van der Waals surface area contributed by atoms with Crippen molar-refractivity contribution in [3.63, 3.8) is 0 Å². The second-order valence-electron chi connectivity index (χ2n) is 5.68. The lowest BCUT2D eigenvalue weighted by molar-refractivity contribution is 0.103. The molecule has 1 aliphatic heterocycles. The number of halogens is 1. The summed E-state index contributed by atoms with van der Waals surface area (Å²) in [6.07, 6.45) is 4.78. The van der Waals surface area contributed by atoms with Crippen molar-refractivity contribution < 1.29 is 4.74 Å². The maximum atomic E-state index is 6.46. The quantitative estimate of drug-likeness (QED) is 0.700. The van der Waals surface area contributed by atoms with Crippen LogP contribution in [0, 0.1) is 5.92 Å². The molecule has 0 bridgehead atoms. The van der Waals surface area contributed by atoms with E-state index >= 15 is 0 Å². The molecule has 0 radical (unpaired) electrons. The molecule has 2 heteroatoms. The first kappa shape index (κ1) is 13.9. The highest BCUT2D eigenvalue weighted by Gasteiger charge is 2.20. The Bertz CT molecular complexity index is 352. The molecule has 0 amide bonds. The molecule has 1 aliphatic rings. The van der Waals surface area contributed by atoms with Gasteiger partial charge in [-0.05, 0) is 42.7 Å². The molecule has 1 aromatic rings. The fourth-order valence-electron chi connectivity index (χ4n) is 2.53. The number of hydrogen-bond donors (Lipinski definition) is 0. The van der Waals surface area contributed by atoms with E-state index in [1.165, 1.54) is 17.5 Å². The first-order valence-electron chi connectivity index (χ1n) is 6.99. The van der Waals surface area contributed by atoms with E-state index in [4.69, 9.17) is 16.3 Å². The lowest BCUT2D eigenvalue weighted by Gasteiger charge is -2.15. The summed E-state index contributed by atoms with van der Waals surface area (Å²) in [5, 5.41) is 0.0844. The first-order valence-corrected chi connectivity index (χ1v) is 7.43. The van der Waals surface area contributed by atoms with Crippen LogP contribution in [0.1, 0.15) is 49.6 Å². The molecule has 2 unspecified atom stereocenters. The lowest BCUT2D eigenvalue weighted by Crippen LogP contribution is -2.08. The summed E-state index contributed by atoms with van der Waals surface area (Å²) in [6, 6.07) is 8.76. The predicted octanol–water partition coefficient (Wildman–Crippen LogP) is 4.73. The van der Waals surface area contributed by atoms with Crippen molar-refractivity contribution in [2.75, 3.05) is 6.61 Å². The van der Waals surface area contributed by atoms with Crippen molar-refractivity contribution >= 4 is 11.6 Å². The Balaban J connectivity index is 1.91. The summed E-state index contributed by atoms with van der Waals surface area (Å²) in [6.45, 7) is 5.40. The van der Waals surface area contributed by atoms with E-state index in [0.29, 0.717) is 12.0 Å². The largest absolute Gasteiger partial charge is 0.378 e. The van der Waals surface area contributed by atoms with Crippen LogP contribution in [0.4, 0.5) is 0 Å². The molecule has 0 saturated carbocycles. The topological polar surface area (TPSA) is 9.23 Å². The van der Waals surface area contributed by atoms with Gasteiger partial charge in [0.15, 0.2) is 0 Å². The van der Waals surface area contributed by atoms with Crippen LogP contribution in [0.5, 0.6) is 0 Å². The molecule has 1 aromatic carbocycles. The van der Waals surface area contributed by atoms with Gasteiger partial charge in [0, 0.05) is 6.61 Å². The number of hydrogen-bond acceptors (Lipinski definition) is 1. The summed E-state index contributed by atoms with van der Waals surface area (Å²) in [4.78, 5) is 0. The Kier molecular flexibility index (Phi) is 5.08. The summed E-state index contributed by atoms with van der Waals surface area (Å²) in [5.74, 6) is 0.703. The SMILES string of the molecule is CC(C)Cc1ccc(C(Cl)CC2CCCO2)cc1. The Morgan fingerprint density at radius 3 is 2.56 bits per heavy atom. The van der Waals surface area contributed by atoms with Crippen LogP contribution in [0.3, 0.4) is 0 Å². The average molecular weight is 267 g/mol. The standard InChI is InChI=1S/C16H23ClO/c1-12(2)10-13-5-7-14(8-6-13)16(17)11-15-4-3-9-18-15/h5-8,12,15-16H,3-4,9-11H2,1-2H3. The van der Waals surface area contributed by atoms with Crippen molar-refractivity contribution in [3.8, 4) is 0 Å². The van der Waals surface area contributed by atoms with Crippen LogP contribution in [0.2, 0.25) is 0 Å². The molecule has 2 rings (SSSR count). The molecule has 0 N–H and O–H groups in total. The number of rotatable bonds is 5. The van der Waals surface area contributed by atoms with Crippen molar-refractivity contribution in [1.82, 2.24) is 0 Å². The van der Waals surface area contributed by atoms with Crippen LogP contribution in [-0.4, -0.2) is 12.7 Å². The normalized spacial score (nSPS) is 21.4. The zero-order valence-corrected chi connectivity index (χ0v) is 12.1. The van der Waals surface area contributed by atoms with Crippen LogP contribution in [0.25, 0.3) is 0 Å². The fraction of sp³-hybridized carbons (Fsp3) is 0.625. The van der Waals surface area contributed by atoms with Crippen LogP contribution < -0.4 is 0 Å². The third-order valence-electron chi connectivity index (χ3n) is 3.48. The average Bonchev–Trinajstić information content (AvgIpc) is 2.82. The monoisotopic (exact) mass is 266 g/mol. The Morgan fingerprint density at radius 1 is 1.28 bits per heavy atom. The van der Waals surface area contributed by atoms with E-state index in [9.17, 15) is 0 Å². The van der Waals surface area contributed by atoms with E-state index in [2.05, 4.69) is 38.1 Å². The summed E-state index contributed by atoms with van der Waals surface area (Å²) in [5.41, 5.74) is 2.62. The van der Waals surface area contributed by atoms with Crippen LogP contribution >= 0.6 is 11.6 Å². The minimum atomic E-state index is 0.0844.